The molecule has 0 rings (SSSR count). The molecule has 80 valence electrons. The first-order chi connectivity index (χ1) is 5.37. The predicted octanol–water partition coefficient (Wildman–Crippen LogP) is 1.91. The zero-order valence-corrected chi connectivity index (χ0v) is 10.4. The third kappa shape index (κ3) is 3.77. The van der Waals surface area contributed by atoms with Crippen LogP contribution in [0.15, 0.2) is 0 Å². The van der Waals surface area contributed by atoms with Crippen molar-refractivity contribution in [3.8, 4) is 0 Å². The lowest BCUT2D eigenvalue weighted by atomic mass is 10.0. The van der Waals surface area contributed by atoms with Crippen molar-refractivity contribution >= 4 is 7.59 Å². The van der Waals surface area contributed by atoms with Crippen molar-refractivity contribution in [1.82, 2.24) is 4.67 Å². The van der Waals surface area contributed by atoms with Gasteiger partial charge in [-0.25, -0.2) is 4.67 Å². The highest BCUT2D eigenvalue weighted by atomic mass is 31.2. The van der Waals surface area contributed by atoms with Gasteiger partial charge in [0.05, 0.1) is 0 Å². The topological polar surface area (TPSA) is 72.3 Å². The number of nitrogens with two attached hydrogens (primary N) is 2. The Morgan fingerprint density at radius 3 is 1.15 bits per heavy atom. The third-order valence-electron chi connectivity index (χ3n) is 1.58. The molecule has 0 aromatic rings. The molecule has 13 heavy (non-hydrogen) atoms. The Bertz CT molecular complexity index is 207. The van der Waals surface area contributed by atoms with Crippen LogP contribution in [0, 0.1) is 0 Å². The summed E-state index contributed by atoms with van der Waals surface area (Å²) in [5.41, 5.74) is 10.4. The smallest absolute Gasteiger partial charge is 0.271 e. The van der Waals surface area contributed by atoms with Gasteiger partial charge in [-0.05, 0) is 41.5 Å². The Balaban J connectivity index is 5.15. The second-order valence-corrected chi connectivity index (χ2v) is 7.07. The van der Waals surface area contributed by atoms with E-state index in [0.717, 1.165) is 0 Å². The molecule has 0 aromatic heterocycles. The fourth-order valence-corrected chi connectivity index (χ4v) is 3.82. The van der Waals surface area contributed by atoms with Gasteiger partial charge in [0.25, 0.3) is 7.59 Å². The molecule has 0 saturated carbocycles. The van der Waals surface area contributed by atoms with Crippen LogP contribution in [0.1, 0.15) is 41.5 Å². The van der Waals surface area contributed by atoms with E-state index in [2.05, 4.69) is 0 Å². The molecule has 4 N–H and O–H groups in total. The van der Waals surface area contributed by atoms with Crippen LogP contribution < -0.4 is 11.0 Å². The highest BCUT2D eigenvalue weighted by Crippen LogP contribution is 2.44. The number of hydrogen-bond acceptors (Lipinski definition) is 1. The summed E-state index contributed by atoms with van der Waals surface area (Å²) >= 11 is 0. The second-order valence-electron chi connectivity index (χ2n) is 5.33. The minimum Gasteiger partial charge on any atom is -0.271 e. The molecule has 0 unspecified atom stereocenters. The van der Waals surface area contributed by atoms with Gasteiger partial charge >= 0.3 is 0 Å². The summed E-state index contributed by atoms with van der Waals surface area (Å²) in [6.45, 7) is 11.7. The molecule has 0 saturated heterocycles. The van der Waals surface area contributed by atoms with Gasteiger partial charge in [-0.15, -0.1) is 0 Å². The lowest BCUT2D eigenvalue weighted by Gasteiger charge is -2.46. The Kier molecular flexibility index (Phi) is 3.38. The standard InChI is InChI=1S/C8H22N3OP/c1-7(2,3)11(8(4,5)6)13(9,10)12/h1-6H3,(H4,9,10,12). The fraction of sp³-hybridized carbons (Fsp3) is 1.00. The first-order valence-electron chi connectivity index (χ1n) is 4.35. The number of nitrogens with zero attached hydrogens (tertiary/aromatic N) is 1. The second kappa shape index (κ2) is 3.35. The van der Waals surface area contributed by atoms with Gasteiger partial charge in [0.15, 0.2) is 0 Å². The molecule has 0 spiro atoms. The Hall–Kier alpha value is 0.110. The van der Waals surface area contributed by atoms with Crippen LogP contribution in [-0.4, -0.2) is 15.7 Å². The van der Waals surface area contributed by atoms with Gasteiger partial charge in [-0.3, -0.25) is 15.6 Å². The van der Waals surface area contributed by atoms with Crippen LogP contribution in [0.4, 0.5) is 0 Å². The van der Waals surface area contributed by atoms with E-state index in [0.29, 0.717) is 0 Å². The summed E-state index contributed by atoms with van der Waals surface area (Å²) in [5, 5.41) is 0. The maximum absolute atomic E-state index is 11.7. The van der Waals surface area contributed by atoms with Gasteiger partial charge in [0, 0.05) is 11.1 Å². The van der Waals surface area contributed by atoms with Crippen molar-refractivity contribution in [2.75, 3.05) is 0 Å². The van der Waals surface area contributed by atoms with Gasteiger partial charge in [-0.2, -0.15) is 0 Å². The van der Waals surface area contributed by atoms with Gasteiger partial charge in [0.2, 0.25) is 0 Å². The Morgan fingerprint density at radius 1 is 0.923 bits per heavy atom. The molecule has 0 aliphatic carbocycles. The average molecular weight is 207 g/mol. The average Bonchev–Trinajstić information content (AvgIpc) is 1.44. The predicted molar refractivity (Wildman–Crippen MR) is 57.3 cm³/mol. The summed E-state index contributed by atoms with van der Waals surface area (Å²) in [7, 11) is -3.19. The zero-order valence-electron chi connectivity index (χ0n) is 9.46. The van der Waals surface area contributed by atoms with E-state index in [1.807, 2.05) is 41.5 Å². The molecule has 4 nitrogen and oxygen atoms in total. The molecule has 0 aromatic carbocycles. The van der Waals surface area contributed by atoms with Crippen molar-refractivity contribution in [2.24, 2.45) is 11.0 Å². The number of hydrogen-bond donors (Lipinski definition) is 2. The Labute approximate surface area is 81.2 Å². The normalized spacial score (nSPS) is 15.2. The molecule has 0 radical (unpaired) electrons. The zero-order chi connectivity index (χ0) is 11.1. The van der Waals surface area contributed by atoms with Crippen molar-refractivity contribution in [3.63, 3.8) is 0 Å². The van der Waals surface area contributed by atoms with Crippen LogP contribution in [0.2, 0.25) is 0 Å². The molecule has 0 aliphatic rings. The van der Waals surface area contributed by atoms with Gasteiger partial charge in [-0.1, -0.05) is 0 Å². The van der Waals surface area contributed by atoms with E-state index >= 15 is 0 Å². The van der Waals surface area contributed by atoms with Crippen molar-refractivity contribution in [1.29, 1.82) is 0 Å². The van der Waals surface area contributed by atoms with Crippen molar-refractivity contribution < 1.29 is 4.57 Å². The molecular formula is C8H22N3OP. The summed E-state index contributed by atoms with van der Waals surface area (Å²) in [4.78, 5) is 0. The van der Waals surface area contributed by atoms with E-state index in [-0.39, 0.29) is 11.1 Å². The number of rotatable bonds is 1. The summed E-state index contributed by atoms with van der Waals surface area (Å²) in [6.07, 6.45) is 0. The minimum atomic E-state index is -3.19. The molecule has 0 amide bonds. The van der Waals surface area contributed by atoms with Crippen LogP contribution in [0.25, 0.3) is 0 Å². The van der Waals surface area contributed by atoms with Crippen LogP contribution in [-0.2, 0) is 4.57 Å². The Morgan fingerprint density at radius 2 is 1.15 bits per heavy atom. The lowest BCUT2D eigenvalue weighted by Crippen LogP contribution is -2.52. The van der Waals surface area contributed by atoms with E-state index in [1.165, 1.54) is 0 Å². The van der Waals surface area contributed by atoms with Crippen molar-refractivity contribution in [2.45, 2.75) is 52.6 Å². The summed E-state index contributed by atoms with van der Waals surface area (Å²) in [5.74, 6) is 0. The highest BCUT2D eigenvalue weighted by molar-refractivity contribution is 7.56. The van der Waals surface area contributed by atoms with Crippen LogP contribution in [0.5, 0.6) is 0 Å². The van der Waals surface area contributed by atoms with Gasteiger partial charge < -0.3 is 0 Å². The largest absolute Gasteiger partial charge is 0.277 e. The lowest BCUT2D eigenvalue weighted by molar-refractivity contribution is 0.136. The molecule has 0 aliphatic heterocycles. The first kappa shape index (κ1) is 13.1. The van der Waals surface area contributed by atoms with Gasteiger partial charge in [0.1, 0.15) is 0 Å². The molecule has 0 bridgehead atoms. The van der Waals surface area contributed by atoms with E-state index in [4.69, 9.17) is 11.0 Å². The van der Waals surface area contributed by atoms with Crippen molar-refractivity contribution in [3.05, 3.63) is 0 Å². The fourth-order valence-electron chi connectivity index (χ4n) is 1.94. The van der Waals surface area contributed by atoms with E-state index in [9.17, 15) is 4.57 Å². The molecule has 5 heteroatoms. The molecule has 0 heterocycles. The SMILES string of the molecule is CC(C)(C)N(C(C)(C)C)P(N)(N)=O. The van der Waals surface area contributed by atoms with E-state index in [1.54, 1.807) is 4.67 Å². The minimum absolute atomic E-state index is 0.294. The molecule has 0 atom stereocenters. The van der Waals surface area contributed by atoms with Crippen LogP contribution >= 0.6 is 7.59 Å². The third-order valence-corrected chi connectivity index (χ3v) is 3.41. The quantitative estimate of drug-likeness (QED) is 0.644. The molecule has 0 fully saturated rings. The van der Waals surface area contributed by atoms with E-state index < -0.39 is 7.59 Å². The highest BCUT2D eigenvalue weighted by Gasteiger charge is 2.40. The maximum atomic E-state index is 11.7. The summed E-state index contributed by atoms with van der Waals surface area (Å²) < 4.78 is 13.4. The monoisotopic (exact) mass is 207 g/mol. The van der Waals surface area contributed by atoms with Crippen LogP contribution in [0.3, 0.4) is 0 Å². The molecular weight excluding hydrogens is 185 g/mol. The maximum Gasteiger partial charge on any atom is 0.277 e. The summed E-state index contributed by atoms with van der Waals surface area (Å²) in [6, 6.07) is 0. The first-order valence-corrected chi connectivity index (χ1v) is 6.14.